The molecular formula is C27H36N8O6. The van der Waals surface area contributed by atoms with Gasteiger partial charge in [-0.15, -0.1) is 0 Å². The lowest BCUT2D eigenvalue weighted by Crippen LogP contribution is -3.19. The number of rotatable bonds is 10. The van der Waals surface area contributed by atoms with Crippen molar-refractivity contribution in [2.75, 3.05) is 43.4 Å². The van der Waals surface area contributed by atoms with Gasteiger partial charge in [-0.1, -0.05) is 0 Å². The third-order valence-corrected chi connectivity index (χ3v) is 6.72. The maximum Gasteiger partial charge on any atom is 0.407 e. The molecule has 2 aromatic heterocycles. The molecule has 14 heteroatoms. The lowest BCUT2D eigenvalue weighted by atomic mass is 10.1. The number of aliphatic carboxylic acids is 1. The van der Waals surface area contributed by atoms with Crippen molar-refractivity contribution in [3.05, 3.63) is 36.2 Å². The summed E-state index contributed by atoms with van der Waals surface area (Å²) in [6.45, 7) is 9.80. The number of hydrogen-bond donors (Lipinski definition) is 5. The Kier molecular flexibility index (Phi) is 8.24. The number of carbonyl (C=O) groups excluding carboxylic acids is 3. The number of fused-ring (bicyclic) bond motifs is 2. The topological polar surface area (TPSA) is 192 Å². The van der Waals surface area contributed by atoms with Crippen LogP contribution in [0.5, 0.6) is 5.75 Å². The quantitative estimate of drug-likeness (QED) is 0.203. The fourth-order valence-corrected chi connectivity index (χ4v) is 5.08. The average molecular weight is 569 g/mol. The number of carboxylic acid groups (broad SMARTS) is 1. The van der Waals surface area contributed by atoms with Gasteiger partial charge in [-0.25, -0.2) is 14.8 Å². The molecule has 1 aliphatic heterocycles. The van der Waals surface area contributed by atoms with Crippen molar-refractivity contribution in [3.63, 3.8) is 0 Å². The maximum atomic E-state index is 13.1. The molecule has 220 valence electrons. The number of alkyl carbamates (subject to hydrolysis) is 1. The van der Waals surface area contributed by atoms with E-state index in [1.807, 2.05) is 13.8 Å². The van der Waals surface area contributed by atoms with Gasteiger partial charge in [-0.05, 0) is 46.8 Å². The third-order valence-electron chi connectivity index (χ3n) is 6.72. The fraction of sp³-hybridized carbons (Fsp3) is 0.444. The van der Waals surface area contributed by atoms with Crippen LogP contribution in [0.4, 0.5) is 22.0 Å². The van der Waals surface area contributed by atoms with Gasteiger partial charge in [-0.3, -0.25) is 9.69 Å². The number of nitrogens with one attached hydrogen (secondary N) is 4. The predicted molar refractivity (Wildman–Crippen MR) is 149 cm³/mol. The van der Waals surface area contributed by atoms with Crippen molar-refractivity contribution in [1.82, 2.24) is 25.6 Å². The molecule has 0 aliphatic carbocycles. The van der Waals surface area contributed by atoms with E-state index in [1.165, 1.54) is 0 Å². The molecule has 0 radical (unpaired) electrons. The summed E-state index contributed by atoms with van der Waals surface area (Å²) in [5.74, 6) is -1.59. The molecule has 1 aromatic carbocycles. The highest BCUT2D eigenvalue weighted by atomic mass is 16.6. The molecule has 3 heterocycles. The van der Waals surface area contributed by atoms with Crippen molar-refractivity contribution in [1.29, 1.82) is 0 Å². The van der Waals surface area contributed by atoms with E-state index in [2.05, 4.69) is 25.6 Å². The van der Waals surface area contributed by atoms with Crippen LogP contribution in [-0.2, 0) is 9.53 Å². The monoisotopic (exact) mass is 568 g/mol. The summed E-state index contributed by atoms with van der Waals surface area (Å²) in [5.41, 5.74) is 5.85. The molecule has 0 bridgehead atoms. The Hall–Kier alpha value is -4.59. The van der Waals surface area contributed by atoms with Crippen LogP contribution in [-0.4, -0.2) is 77.0 Å². The van der Waals surface area contributed by atoms with E-state index < -0.39 is 29.2 Å². The summed E-state index contributed by atoms with van der Waals surface area (Å²) < 4.78 is 11.0. The van der Waals surface area contributed by atoms with Crippen LogP contribution in [0.15, 0.2) is 30.5 Å². The van der Waals surface area contributed by atoms with E-state index in [0.717, 1.165) is 5.69 Å². The van der Waals surface area contributed by atoms with Crippen molar-refractivity contribution < 1.29 is 33.9 Å². The Morgan fingerprint density at radius 1 is 1.17 bits per heavy atom. The minimum Gasteiger partial charge on any atom is -0.542 e. The molecule has 6 N–H and O–H groups in total. The number of ether oxygens (including phenoxy) is 2. The fourth-order valence-electron chi connectivity index (χ4n) is 5.08. The number of amides is 2. The second-order valence-corrected chi connectivity index (χ2v) is 10.5. The Labute approximate surface area is 237 Å². The minimum atomic E-state index is -1.65. The smallest absolute Gasteiger partial charge is 0.407 e. The lowest BCUT2D eigenvalue weighted by molar-refractivity contribution is -0.872. The highest BCUT2D eigenvalue weighted by Crippen LogP contribution is 2.37. The molecule has 2 atom stereocenters. The number of benzene rings is 1. The SMILES string of the molecule is CCN1c2cc(OCCNC(=O)OC(C)(C)C)ccc2[NH+](CC)C1(CNC(=O)c1nc2cc[nH]c2nc1N)C(=O)[O-]. The predicted octanol–water partition coefficient (Wildman–Crippen LogP) is -0.304. The number of nitrogens with zero attached hydrogens (tertiary/aromatic N) is 3. The largest absolute Gasteiger partial charge is 0.542 e. The van der Waals surface area contributed by atoms with Crippen molar-refractivity contribution >= 4 is 46.3 Å². The molecule has 2 unspecified atom stereocenters. The van der Waals surface area contributed by atoms with Gasteiger partial charge < -0.3 is 45.6 Å². The summed E-state index contributed by atoms with van der Waals surface area (Å²) in [6.07, 6.45) is 1.08. The van der Waals surface area contributed by atoms with Crippen LogP contribution in [0.25, 0.3) is 11.2 Å². The first kappa shape index (κ1) is 29.4. The van der Waals surface area contributed by atoms with Gasteiger partial charge >= 0.3 is 6.09 Å². The number of anilines is 2. The molecule has 14 nitrogen and oxygen atoms in total. The number of likely N-dealkylation sites (N-methyl/N-ethyl adjacent to an activating group) is 2. The Bertz CT molecular complexity index is 1450. The van der Waals surface area contributed by atoms with Gasteiger partial charge in [0, 0.05) is 24.9 Å². The zero-order chi connectivity index (χ0) is 29.9. The van der Waals surface area contributed by atoms with Crippen LogP contribution >= 0.6 is 0 Å². The van der Waals surface area contributed by atoms with Gasteiger partial charge in [-0.2, -0.15) is 0 Å². The number of nitrogen functional groups attached to an aromatic ring is 1. The molecule has 1 aliphatic rings. The molecule has 0 saturated carbocycles. The highest BCUT2D eigenvalue weighted by molar-refractivity contribution is 5.98. The van der Waals surface area contributed by atoms with Crippen molar-refractivity contribution in [3.8, 4) is 5.75 Å². The van der Waals surface area contributed by atoms with Crippen molar-refractivity contribution in [2.45, 2.75) is 45.9 Å². The summed E-state index contributed by atoms with van der Waals surface area (Å²) in [7, 11) is 0. The molecule has 0 spiro atoms. The third kappa shape index (κ3) is 5.82. The van der Waals surface area contributed by atoms with Gasteiger partial charge in [0.15, 0.2) is 22.8 Å². The zero-order valence-corrected chi connectivity index (χ0v) is 23.8. The first-order valence-electron chi connectivity index (χ1n) is 13.4. The molecular weight excluding hydrogens is 532 g/mol. The first-order chi connectivity index (χ1) is 19.4. The average Bonchev–Trinajstić information content (AvgIpc) is 3.47. The second-order valence-electron chi connectivity index (χ2n) is 10.5. The lowest BCUT2D eigenvalue weighted by Gasteiger charge is -2.41. The van der Waals surface area contributed by atoms with Crippen LogP contribution < -0.4 is 36.0 Å². The standard InChI is InChI=1S/C27H36N8O6/c1-6-34-18-9-8-16(40-13-12-30-25(39)41-26(3,4)5)14-19(18)35(7-2)27(34,24(37)38)15-31-23(36)20-21(28)33-22-17(32-20)10-11-29-22/h8-11,14H,6-7,12-13,15H2,1-5H3,(H,30,39)(H,31,36)(H,37,38)(H3,28,29,33). The number of hydrogen-bond acceptors (Lipinski definition) is 10. The van der Waals surface area contributed by atoms with Crippen LogP contribution in [0, 0.1) is 0 Å². The second kappa shape index (κ2) is 11.5. The number of aromatic nitrogens is 3. The first-order valence-corrected chi connectivity index (χ1v) is 13.4. The molecule has 0 fully saturated rings. The number of quaternary nitrogens is 1. The summed E-state index contributed by atoms with van der Waals surface area (Å²) in [5, 5.41) is 18.2. The normalized spacial score (nSPS) is 18.2. The molecule has 2 amide bonds. The van der Waals surface area contributed by atoms with E-state index in [4.69, 9.17) is 15.2 Å². The number of aromatic amines is 1. The van der Waals surface area contributed by atoms with Crippen molar-refractivity contribution in [2.24, 2.45) is 0 Å². The van der Waals surface area contributed by atoms with E-state index in [1.54, 1.807) is 56.1 Å². The number of carbonyl (C=O) groups is 3. The number of nitrogens with two attached hydrogens (primary N) is 1. The summed E-state index contributed by atoms with van der Waals surface area (Å²) >= 11 is 0. The maximum absolute atomic E-state index is 13.1. The van der Waals surface area contributed by atoms with Gasteiger partial charge in [0.1, 0.15) is 35.1 Å². The molecule has 0 saturated heterocycles. The van der Waals surface area contributed by atoms with E-state index in [-0.39, 0.29) is 31.2 Å². The Morgan fingerprint density at radius 3 is 2.59 bits per heavy atom. The molecule has 4 rings (SSSR count). The zero-order valence-electron chi connectivity index (χ0n) is 23.8. The van der Waals surface area contributed by atoms with Crippen LogP contribution in [0.1, 0.15) is 45.1 Å². The molecule has 3 aromatic rings. The number of H-pyrrole nitrogens is 1. The van der Waals surface area contributed by atoms with Gasteiger partial charge in [0.2, 0.25) is 5.66 Å². The Balaban J connectivity index is 1.52. The summed E-state index contributed by atoms with van der Waals surface area (Å²) in [4.78, 5) is 51.5. The summed E-state index contributed by atoms with van der Waals surface area (Å²) in [6, 6.07) is 6.94. The van der Waals surface area contributed by atoms with Gasteiger partial charge in [0.25, 0.3) is 5.91 Å². The van der Waals surface area contributed by atoms with Crippen LogP contribution in [0.2, 0.25) is 0 Å². The number of carboxylic acids is 1. The minimum absolute atomic E-state index is 0.0790. The van der Waals surface area contributed by atoms with E-state index >= 15 is 0 Å². The highest BCUT2D eigenvalue weighted by Gasteiger charge is 2.55. The Morgan fingerprint density at radius 2 is 1.93 bits per heavy atom. The van der Waals surface area contributed by atoms with Crippen LogP contribution in [0.3, 0.4) is 0 Å². The van der Waals surface area contributed by atoms with E-state index in [0.29, 0.717) is 40.6 Å². The van der Waals surface area contributed by atoms with E-state index in [9.17, 15) is 19.5 Å². The molecule has 41 heavy (non-hydrogen) atoms. The van der Waals surface area contributed by atoms with Gasteiger partial charge in [0.05, 0.1) is 19.6 Å².